The number of aromatic nitrogens is 2. The molecule has 1 heterocycles. The van der Waals surface area contributed by atoms with E-state index >= 15 is 0 Å². The lowest BCUT2D eigenvalue weighted by molar-refractivity contribution is 1.09. The maximum absolute atomic E-state index is 4.18. The number of H-pyrrole nitrogens is 1. The SMILES string of the molecule is Sc1nc2cc(I)ccc2[nH]1. The van der Waals surface area contributed by atoms with E-state index in [-0.39, 0.29) is 0 Å². The van der Waals surface area contributed by atoms with Crippen LogP contribution in [0.1, 0.15) is 0 Å². The van der Waals surface area contributed by atoms with Crippen LogP contribution in [0.2, 0.25) is 0 Å². The predicted octanol–water partition coefficient (Wildman–Crippen LogP) is 2.46. The van der Waals surface area contributed by atoms with Crippen molar-refractivity contribution in [1.29, 1.82) is 0 Å². The summed E-state index contributed by atoms with van der Waals surface area (Å²) in [6.45, 7) is 0. The smallest absolute Gasteiger partial charge is 0.163 e. The van der Waals surface area contributed by atoms with Crippen LogP contribution in [0.4, 0.5) is 0 Å². The molecule has 0 fully saturated rings. The summed E-state index contributed by atoms with van der Waals surface area (Å²) in [5.74, 6) is 0. The molecule has 0 saturated carbocycles. The number of nitrogens with one attached hydrogen (secondary N) is 1. The van der Waals surface area contributed by atoms with Crippen molar-refractivity contribution in [3.8, 4) is 0 Å². The van der Waals surface area contributed by atoms with Crippen LogP contribution in [-0.4, -0.2) is 9.97 Å². The van der Waals surface area contributed by atoms with Crippen molar-refractivity contribution in [2.24, 2.45) is 0 Å². The number of halogens is 1. The van der Waals surface area contributed by atoms with Crippen LogP contribution >= 0.6 is 35.2 Å². The van der Waals surface area contributed by atoms with Crippen LogP contribution in [0.25, 0.3) is 11.0 Å². The molecular formula is C7H5IN2S. The van der Waals surface area contributed by atoms with Gasteiger partial charge in [-0.25, -0.2) is 4.98 Å². The van der Waals surface area contributed by atoms with E-state index in [0.29, 0.717) is 5.16 Å². The minimum Gasteiger partial charge on any atom is -0.333 e. The summed E-state index contributed by atoms with van der Waals surface area (Å²) in [4.78, 5) is 7.21. The van der Waals surface area contributed by atoms with Gasteiger partial charge in [-0.05, 0) is 40.8 Å². The average molecular weight is 276 g/mol. The lowest BCUT2D eigenvalue weighted by Gasteiger charge is -1.87. The molecule has 0 atom stereocenters. The zero-order valence-electron chi connectivity index (χ0n) is 5.50. The third-order valence-electron chi connectivity index (χ3n) is 1.43. The van der Waals surface area contributed by atoms with E-state index in [1.54, 1.807) is 0 Å². The molecular weight excluding hydrogens is 271 g/mol. The number of aromatic amines is 1. The highest BCUT2D eigenvalue weighted by Crippen LogP contribution is 2.15. The minimum absolute atomic E-state index is 0.669. The van der Waals surface area contributed by atoms with Crippen LogP contribution in [0.5, 0.6) is 0 Å². The van der Waals surface area contributed by atoms with E-state index in [1.165, 1.54) is 3.57 Å². The first-order valence-electron chi connectivity index (χ1n) is 3.10. The Labute approximate surface area is 83.0 Å². The fourth-order valence-electron chi connectivity index (χ4n) is 0.965. The first-order valence-corrected chi connectivity index (χ1v) is 4.62. The molecule has 0 unspecified atom stereocenters. The van der Waals surface area contributed by atoms with Gasteiger partial charge in [0.2, 0.25) is 0 Å². The Hall–Kier alpha value is -0.230. The maximum atomic E-state index is 4.18. The maximum Gasteiger partial charge on any atom is 0.163 e. The molecule has 1 N–H and O–H groups in total. The molecule has 0 bridgehead atoms. The highest BCUT2D eigenvalue weighted by molar-refractivity contribution is 14.1. The van der Waals surface area contributed by atoms with Crippen molar-refractivity contribution in [2.75, 3.05) is 0 Å². The van der Waals surface area contributed by atoms with Gasteiger partial charge in [0.15, 0.2) is 5.16 Å². The van der Waals surface area contributed by atoms with Crippen molar-refractivity contribution < 1.29 is 0 Å². The van der Waals surface area contributed by atoms with Crippen LogP contribution in [0, 0.1) is 3.57 Å². The number of benzene rings is 1. The Morgan fingerprint density at radius 3 is 3.09 bits per heavy atom. The van der Waals surface area contributed by atoms with Gasteiger partial charge in [0.25, 0.3) is 0 Å². The number of thiol groups is 1. The molecule has 2 rings (SSSR count). The molecule has 0 aliphatic heterocycles. The monoisotopic (exact) mass is 276 g/mol. The minimum atomic E-state index is 0.669. The first kappa shape index (κ1) is 7.42. The molecule has 0 amide bonds. The number of hydrogen-bond acceptors (Lipinski definition) is 2. The summed E-state index contributed by atoms with van der Waals surface area (Å²) in [6.07, 6.45) is 0. The molecule has 4 heteroatoms. The molecule has 0 aliphatic rings. The Bertz CT molecular complexity index is 396. The van der Waals surface area contributed by atoms with Gasteiger partial charge in [-0.2, -0.15) is 0 Å². The molecule has 0 radical (unpaired) electrons. The second kappa shape index (κ2) is 2.67. The zero-order chi connectivity index (χ0) is 7.84. The fraction of sp³-hybridized carbons (Fsp3) is 0. The highest BCUT2D eigenvalue weighted by Gasteiger charge is 1.98. The Balaban J connectivity index is 2.82. The molecule has 0 spiro atoms. The summed E-state index contributed by atoms with van der Waals surface area (Å²) in [5, 5.41) is 0.669. The largest absolute Gasteiger partial charge is 0.333 e. The van der Waals surface area contributed by atoms with Gasteiger partial charge in [0.1, 0.15) is 0 Å². The lowest BCUT2D eigenvalue weighted by atomic mass is 10.3. The van der Waals surface area contributed by atoms with Crippen molar-refractivity contribution in [3.63, 3.8) is 0 Å². The van der Waals surface area contributed by atoms with Gasteiger partial charge in [-0.15, -0.1) is 12.6 Å². The predicted molar refractivity (Wildman–Crippen MR) is 56.1 cm³/mol. The van der Waals surface area contributed by atoms with E-state index in [1.807, 2.05) is 18.2 Å². The quantitative estimate of drug-likeness (QED) is 0.561. The molecule has 2 nitrogen and oxygen atoms in total. The van der Waals surface area contributed by atoms with Crippen molar-refractivity contribution in [1.82, 2.24) is 9.97 Å². The lowest BCUT2D eigenvalue weighted by Crippen LogP contribution is -1.70. The second-order valence-electron chi connectivity index (χ2n) is 2.22. The average Bonchev–Trinajstić information content (AvgIpc) is 2.27. The molecule has 0 aliphatic carbocycles. The van der Waals surface area contributed by atoms with Gasteiger partial charge < -0.3 is 4.98 Å². The highest BCUT2D eigenvalue weighted by atomic mass is 127. The Morgan fingerprint density at radius 2 is 2.27 bits per heavy atom. The van der Waals surface area contributed by atoms with Crippen LogP contribution in [-0.2, 0) is 0 Å². The Kier molecular flexibility index (Phi) is 1.80. The number of fused-ring (bicyclic) bond motifs is 1. The van der Waals surface area contributed by atoms with E-state index in [9.17, 15) is 0 Å². The van der Waals surface area contributed by atoms with Crippen LogP contribution < -0.4 is 0 Å². The zero-order valence-corrected chi connectivity index (χ0v) is 8.56. The molecule has 11 heavy (non-hydrogen) atoms. The van der Waals surface area contributed by atoms with Gasteiger partial charge in [0.05, 0.1) is 11.0 Å². The number of imidazole rings is 1. The molecule has 56 valence electrons. The number of rotatable bonds is 0. The van der Waals surface area contributed by atoms with Crippen molar-refractivity contribution in [3.05, 3.63) is 21.8 Å². The summed E-state index contributed by atoms with van der Waals surface area (Å²) in [7, 11) is 0. The van der Waals surface area contributed by atoms with E-state index in [2.05, 4.69) is 45.2 Å². The molecule has 0 saturated heterocycles. The third kappa shape index (κ3) is 1.37. The molecule has 1 aromatic heterocycles. The first-order chi connectivity index (χ1) is 5.25. The van der Waals surface area contributed by atoms with Gasteiger partial charge in [-0.3, -0.25) is 0 Å². The van der Waals surface area contributed by atoms with Gasteiger partial charge in [-0.1, -0.05) is 0 Å². The fourth-order valence-corrected chi connectivity index (χ4v) is 1.67. The van der Waals surface area contributed by atoms with Crippen LogP contribution in [0.15, 0.2) is 23.4 Å². The summed E-state index contributed by atoms with van der Waals surface area (Å²) >= 11 is 6.37. The standard InChI is InChI=1S/C7H5IN2S/c8-4-1-2-5-6(3-4)10-7(11)9-5/h1-3H,(H2,9,10,11). The van der Waals surface area contributed by atoms with Gasteiger partial charge >= 0.3 is 0 Å². The van der Waals surface area contributed by atoms with Crippen molar-refractivity contribution in [2.45, 2.75) is 5.16 Å². The topological polar surface area (TPSA) is 28.7 Å². The second-order valence-corrected chi connectivity index (χ2v) is 3.89. The van der Waals surface area contributed by atoms with E-state index < -0.39 is 0 Å². The van der Waals surface area contributed by atoms with Crippen LogP contribution in [0.3, 0.4) is 0 Å². The van der Waals surface area contributed by atoms with Gasteiger partial charge in [0, 0.05) is 3.57 Å². The summed E-state index contributed by atoms with van der Waals surface area (Å²) < 4.78 is 1.19. The Morgan fingerprint density at radius 1 is 1.45 bits per heavy atom. The third-order valence-corrected chi connectivity index (χ3v) is 2.32. The van der Waals surface area contributed by atoms with Crippen molar-refractivity contribution >= 4 is 46.3 Å². The molecule has 2 aromatic rings. The van der Waals surface area contributed by atoms with E-state index in [0.717, 1.165) is 11.0 Å². The normalized spacial score (nSPS) is 10.7. The molecule has 1 aromatic carbocycles. The number of nitrogens with zero attached hydrogens (tertiary/aromatic N) is 1. The summed E-state index contributed by atoms with van der Waals surface area (Å²) in [6, 6.07) is 6.06. The van der Waals surface area contributed by atoms with E-state index in [4.69, 9.17) is 0 Å². The summed E-state index contributed by atoms with van der Waals surface area (Å²) in [5.41, 5.74) is 2.01. The number of hydrogen-bond donors (Lipinski definition) is 2.